The van der Waals surface area contributed by atoms with E-state index in [4.69, 9.17) is 10.5 Å². The summed E-state index contributed by atoms with van der Waals surface area (Å²) in [6, 6.07) is -0.640. The lowest BCUT2D eigenvalue weighted by atomic mass is 10.2. The maximum absolute atomic E-state index is 11.8. The largest absolute Gasteiger partial charge is 0.444 e. The van der Waals surface area contributed by atoms with Gasteiger partial charge in [-0.25, -0.2) is 4.79 Å². The van der Waals surface area contributed by atoms with Gasteiger partial charge in [-0.3, -0.25) is 9.59 Å². The number of rotatable bonds is 3. The number of nitrogens with zero attached hydrogens (tertiary/aromatic N) is 1. The van der Waals surface area contributed by atoms with Crippen molar-refractivity contribution in [2.45, 2.75) is 38.8 Å². The number of nitrogens with two attached hydrogens (primary N) is 1. The van der Waals surface area contributed by atoms with Gasteiger partial charge in [0.2, 0.25) is 11.8 Å². The second-order valence-corrected chi connectivity index (χ2v) is 5.21. The standard InChI is InChI=1S/C11H19N3O4/c1-11(2,3)18-10(17)13-7-4-5-14(9(7)16)6-8(12)15/h7H,4-6H2,1-3H3,(H2,12,15)(H,13,17). The fourth-order valence-electron chi connectivity index (χ4n) is 1.67. The minimum Gasteiger partial charge on any atom is -0.444 e. The lowest BCUT2D eigenvalue weighted by Gasteiger charge is -2.21. The third kappa shape index (κ3) is 4.23. The Hall–Kier alpha value is -1.79. The predicted octanol–water partition coefficient (Wildman–Crippen LogP) is -0.403. The molecular formula is C11H19N3O4. The predicted molar refractivity (Wildman–Crippen MR) is 63.5 cm³/mol. The molecule has 18 heavy (non-hydrogen) atoms. The van der Waals surface area contributed by atoms with E-state index in [-0.39, 0.29) is 12.5 Å². The molecule has 0 aliphatic carbocycles. The van der Waals surface area contributed by atoms with E-state index in [1.807, 2.05) is 0 Å². The third-order valence-corrected chi connectivity index (χ3v) is 2.34. The SMILES string of the molecule is CC(C)(C)OC(=O)NC1CCN(CC(N)=O)C1=O. The van der Waals surface area contributed by atoms with Crippen molar-refractivity contribution in [3.63, 3.8) is 0 Å². The van der Waals surface area contributed by atoms with Gasteiger partial charge in [0.25, 0.3) is 0 Å². The number of likely N-dealkylation sites (tertiary alicyclic amines) is 1. The first-order valence-electron chi connectivity index (χ1n) is 5.75. The Balaban J connectivity index is 2.48. The molecule has 0 aromatic heterocycles. The first kappa shape index (κ1) is 14.3. The lowest BCUT2D eigenvalue weighted by molar-refractivity contribution is -0.133. The van der Waals surface area contributed by atoms with Crippen molar-refractivity contribution in [2.75, 3.05) is 13.1 Å². The van der Waals surface area contributed by atoms with Crippen LogP contribution in [-0.2, 0) is 14.3 Å². The normalized spacial score (nSPS) is 19.8. The summed E-state index contributed by atoms with van der Waals surface area (Å²) < 4.78 is 5.05. The molecule has 1 saturated heterocycles. The fraction of sp³-hybridized carbons (Fsp3) is 0.727. The molecule has 1 aliphatic heterocycles. The number of alkyl carbamates (subject to hydrolysis) is 1. The molecule has 1 fully saturated rings. The molecule has 0 saturated carbocycles. The molecule has 3 N–H and O–H groups in total. The van der Waals surface area contributed by atoms with E-state index in [1.165, 1.54) is 4.90 Å². The first-order valence-corrected chi connectivity index (χ1v) is 5.75. The average molecular weight is 257 g/mol. The van der Waals surface area contributed by atoms with E-state index in [1.54, 1.807) is 20.8 Å². The molecule has 1 heterocycles. The Morgan fingerprint density at radius 2 is 2.11 bits per heavy atom. The number of hydrogen-bond acceptors (Lipinski definition) is 4. The quantitative estimate of drug-likeness (QED) is 0.718. The number of ether oxygens (including phenoxy) is 1. The Bertz CT molecular complexity index is 362. The van der Waals surface area contributed by atoms with Gasteiger partial charge in [0, 0.05) is 6.54 Å². The monoisotopic (exact) mass is 257 g/mol. The summed E-state index contributed by atoms with van der Waals surface area (Å²) in [4.78, 5) is 35.3. The smallest absolute Gasteiger partial charge is 0.408 e. The van der Waals surface area contributed by atoms with Crippen LogP contribution in [0.3, 0.4) is 0 Å². The summed E-state index contributed by atoms with van der Waals surface area (Å²) in [6.45, 7) is 5.50. The van der Waals surface area contributed by atoms with Crippen molar-refractivity contribution in [3.8, 4) is 0 Å². The van der Waals surface area contributed by atoms with E-state index >= 15 is 0 Å². The summed E-state index contributed by atoms with van der Waals surface area (Å²) >= 11 is 0. The molecule has 0 aromatic rings. The number of carbonyl (C=O) groups excluding carboxylic acids is 3. The van der Waals surface area contributed by atoms with E-state index in [2.05, 4.69) is 5.32 Å². The van der Waals surface area contributed by atoms with Crippen LogP contribution in [0.2, 0.25) is 0 Å². The molecule has 0 spiro atoms. The lowest BCUT2D eigenvalue weighted by Crippen LogP contribution is -2.45. The van der Waals surface area contributed by atoms with Crippen LogP contribution in [0.5, 0.6) is 0 Å². The van der Waals surface area contributed by atoms with E-state index < -0.39 is 23.6 Å². The van der Waals surface area contributed by atoms with Gasteiger partial charge in [0.1, 0.15) is 11.6 Å². The Morgan fingerprint density at radius 3 is 2.61 bits per heavy atom. The number of nitrogens with one attached hydrogen (secondary N) is 1. The van der Waals surface area contributed by atoms with E-state index in [9.17, 15) is 14.4 Å². The topological polar surface area (TPSA) is 102 Å². The molecule has 1 atom stereocenters. The maximum atomic E-state index is 11.8. The molecular weight excluding hydrogens is 238 g/mol. The molecule has 1 aliphatic rings. The highest BCUT2D eigenvalue weighted by molar-refractivity contribution is 5.90. The summed E-state index contributed by atoms with van der Waals surface area (Å²) in [5.74, 6) is -0.874. The Labute approximate surface area is 106 Å². The molecule has 1 unspecified atom stereocenters. The number of primary amides is 1. The zero-order chi connectivity index (χ0) is 13.9. The van der Waals surface area contributed by atoms with Crippen molar-refractivity contribution < 1.29 is 19.1 Å². The molecule has 0 radical (unpaired) electrons. The third-order valence-electron chi connectivity index (χ3n) is 2.34. The van der Waals surface area contributed by atoms with Gasteiger partial charge >= 0.3 is 6.09 Å². The molecule has 7 nitrogen and oxygen atoms in total. The van der Waals surface area contributed by atoms with Crippen LogP contribution < -0.4 is 11.1 Å². The number of hydrogen-bond donors (Lipinski definition) is 2. The molecule has 7 heteroatoms. The van der Waals surface area contributed by atoms with Gasteiger partial charge < -0.3 is 20.7 Å². The number of amides is 3. The minimum atomic E-state index is -0.640. The Kier molecular flexibility index (Phi) is 4.15. The van der Waals surface area contributed by atoms with Gasteiger partial charge in [0.15, 0.2) is 0 Å². The van der Waals surface area contributed by atoms with Crippen molar-refractivity contribution in [3.05, 3.63) is 0 Å². The van der Waals surface area contributed by atoms with Crippen LogP contribution in [0.4, 0.5) is 4.79 Å². The summed E-state index contributed by atoms with van der Waals surface area (Å²) in [5.41, 5.74) is 4.41. The van der Waals surface area contributed by atoms with Gasteiger partial charge in [-0.1, -0.05) is 0 Å². The summed E-state index contributed by atoms with van der Waals surface area (Å²) in [6.07, 6.45) is -0.187. The van der Waals surface area contributed by atoms with Gasteiger partial charge in [0.05, 0.1) is 6.54 Å². The molecule has 102 valence electrons. The van der Waals surface area contributed by atoms with Crippen LogP contribution in [-0.4, -0.2) is 47.5 Å². The zero-order valence-electron chi connectivity index (χ0n) is 10.9. The summed E-state index contributed by atoms with van der Waals surface area (Å²) in [7, 11) is 0. The highest BCUT2D eigenvalue weighted by Gasteiger charge is 2.34. The fourth-order valence-corrected chi connectivity index (χ4v) is 1.67. The van der Waals surface area contributed by atoms with Crippen molar-refractivity contribution in [1.29, 1.82) is 0 Å². The van der Waals surface area contributed by atoms with Crippen LogP contribution in [0.25, 0.3) is 0 Å². The first-order chi connectivity index (χ1) is 8.19. The van der Waals surface area contributed by atoms with Gasteiger partial charge in [-0.2, -0.15) is 0 Å². The van der Waals surface area contributed by atoms with Crippen molar-refractivity contribution in [2.24, 2.45) is 5.73 Å². The average Bonchev–Trinajstić information content (AvgIpc) is 2.46. The van der Waals surface area contributed by atoms with Crippen molar-refractivity contribution >= 4 is 17.9 Å². The highest BCUT2D eigenvalue weighted by Crippen LogP contribution is 2.12. The van der Waals surface area contributed by atoms with Crippen molar-refractivity contribution in [1.82, 2.24) is 10.2 Å². The second-order valence-electron chi connectivity index (χ2n) is 5.21. The van der Waals surface area contributed by atoms with Crippen LogP contribution in [0, 0.1) is 0 Å². The van der Waals surface area contributed by atoms with Gasteiger partial charge in [-0.05, 0) is 27.2 Å². The Morgan fingerprint density at radius 1 is 1.50 bits per heavy atom. The molecule has 3 amide bonds. The molecule has 1 rings (SSSR count). The number of carbonyl (C=O) groups is 3. The van der Waals surface area contributed by atoms with Crippen LogP contribution in [0.15, 0.2) is 0 Å². The molecule has 0 aromatic carbocycles. The molecule has 0 bridgehead atoms. The summed E-state index contributed by atoms with van der Waals surface area (Å²) in [5, 5.41) is 2.48. The zero-order valence-corrected chi connectivity index (χ0v) is 10.9. The maximum Gasteiger partial charge on any atom is 0.408 e. The van der Waals surface area contributed by atoms with Crippen LogP contribution >= 0.6 is 0 Å². The highest BCUT2D eigenvalue weighted by atomic mass is 16.6. The second kappa shape index (κ2) is 5.24. The van der Waals surface area contributed by atoms with Gasteiger partial charge in [-0.15, -0.1) is 0 Å². The van der Waals surface area contributed by atoms with E-state index in [0.717, 1.165) is 0 Å². The minimum absolute atomic E-state index is 0.120. The van der Waals surface area contributed by atoms with E-state index in [0.29, 0.717) is 13.0 Å². The van der Waals surface area contributed by atoms with Crippen LogP contribution in [0.1, 0.15) is 27.2 Å².